The summed E-state index contributed by atoms with van der Waals surface area (Å²) in [4.78, 5) is 3.97. The highest BCUT2D eigenvalue weighted by molar-refractivity contribution is 7.78. The van der Waals surface area contributed by atoms with Gasteiger partial charge in [-0.2, -0.15) is 10.2 Å². The zero-order valence-electron chi connectivity index (χ0n) is 17.8. The van der Waals surface area contributed by atoms with E-state index >= 15 is 0 Å². The summed E-state index contributed by atoms with van der Waals surface area (Å²) in [7, 11) is 1.87. The fraction of sp³-hybridized carbons (Fsp3) is 0.286. The van der Waals surface area contributed by atoms with Crippen LogP contribution in [0.3, 0.4) is 0 Å². The smallest absolute Gasteiger partial charge is 0.264 e. The molecular formula is C21H28F2N6S. The van der Waals surface area contributed by atoms with Crippen molar-refractivity contribution >= 4 is 25.1 Å². The number of alkyl halides is 2. The van der Waals surface area contributed by atoms with Gasteiger partial charge in [-0.1, -0.05) is 39.3 Å². The molecule has 0 aromatic carbocycles. The van der Waals surface area contributed by atoms with E-state index in [2.05, 4.69) is 39.3 Å². The molecule has 1 N–H and O–H groups in total. The number of rotatable bonds is 4. The van der Waals surface area contributed by atoms with Gasteiger partial charge in [0, 0.05) is 30.2 Å². The number of nitrogens with one attached hydrogen (secondary N) is 1. The third-order valence-corrected chi connectivity index (χ3v) is 3.93. The first-order chi connectivity index (χ1) is 14.4. The second-order valence-electron chi connectivity index (χ2n) is 5.88. The molecule has 9 heteroatoms. The highest BCUT2D eigenvalue weighted by Crippen LogP contribution is 2.19. The summed E-state index contributed by atoms with van der Waals surface area (Å²) in [6, 6.07) is 2.63. The van der Waals surface area contributed by atoms with Crippen LogP contribution < -0.4 is 15.3 Å². The Morgan fingerprint density at radius 2 is 1.97 bits per heavy atom. The summed E-state index contributed by atoms with van der Waals surface area (Å²) in [5.41, 5.74) is 1.81. The molecule has 0 amide bonds. The van der Waals surface area contributed by atoms with Crippen LogP contribution in [0.5, 0.6) is 0 Å². The van der Waals surface area contributed by atoms with Crippen molar-refractivity contribution in [1.29, 1.82) is 0 Å². The van der Waals surface area contributed by atoms with E-state index in [1.54, 1.807) is 23.3 Å². The molecule has 30 heavy (non-hydrogen) atoms. The Morgan fingerprint density at radius 1 is 1.27 bits per heavy atom. The highest BCUT2D eigenvalue weighted by Gasteiger charge is 2.08. The Labute approximate surface area is 181 Å². The maximum Gasteiger partial charge on any atom is 0.264 e. The van der Waals surface area contributed by atoms with Gasteiger partial charge in [-0.3, -0.25) is 4.68 Å². The van der Waals surface area contributed by atoms with Gasteiger partial charge in [-0.25, -0.2) is 18.4 Å². The number of aryl methyl sites for hydroxylation is 2. The fourth-order valence-electron chi connectivity index (χ4n) is 2.40. The lowest BCUT2D eigenvalue weighted by molar-refractivity contribution is 0.151. The molecule has 3 rings (SSSR count). The summed E-state index contributed by atoms with van der Waals surface area (Å²) in [6.45, 7) is 11.7. The maximum absolute atomic E-state index is 12.4. The van der Waals surface area contributed by atoms with Crippen LogP contribution >= 0.6 is 12.8 Å². The zero-order valence-corrected chi connectivity index (χ0v) is 18.7. The van der Waals surface area contributed by atoms with E-state index < -0.39 is 6.43 Å². The molecule has 0 spiro atoms. The molecule has 0 atom stereocenters. The minimum Gasteiger partial charge on any atom is -0.331 e. The van der Waals surface area contributed by atoms with Gasteiger partial charge in [0.25, 0.3) is 6.43 Å². The molecular weight excluding hydrogens is 406 g/mol. The number of hydrogen-bond donors (Lipinski definition) is 2. The Bertz CT molecular complexity index is 1060. The van der Waals surface area contributed by atoms with Gasteiger partial charge < -0.3 is 4.72 Å². The van der Waals surface area contributed by atoms with Crippen molar-refractivity contribution in [3.8, 4) is 5.82 Å². The number of allylic oxidation sites excluding steroid dienone is 1. The third-order valence-electron chi connectivity index (χ3n) is 3.69. The number of nitrogens with zero attached hydrogens (tertiary/aromatic N) is 5. The van der Waals surface area contributed by atoms with Gasteiger partial charge in [0.2, 0.25) is 0 Å². The van der Waals surface area contributed by atoms with E-state index in [0.717, 1.165) is 21.8 Å². The second kappa shape index (κ2) is 12.6. The minimum atomic E-state index is -2.48. The Kier molecular flexibility index (Phi) is 10.5. The van der Waals surface area contributed by atoms with Crippen molar-refractivity contribution in [2.75, 3.05) is 0 Å². The number of thiol groups is 1. The van der Waals surface area contributed by atoms with E-state index in [9.17, 15) is 8.78 Å². The van der Waals surface area contributed by atoms with Crippen LogP contribution in [0.1, 0.15) is 38.3 Å². The molecule has 3 aromatic rings. The van der Waals surface area contributed by atoms with E-state index in [1.807, 2.05) is 46.9 Å². The van der Waals surface area contributed by atoms with Gasteiger partial charge in [0.05, 0.1) is 23.4 Å². The summed E-state index contributed by atoms with van der Waals surface area (Å²) < 4.78 is 30.9. The number of hydrogen-bond acceptors (Lipinski definition) is 5. The molecule has 0 aliphatic heterocycles. The molecule has 3 aromatic heterocycles. The van der Waals surface area contributed by atoms with Crippen LogP contribution in [0.4, 0.5) is 8.78 Å². The van der Waals surface area contributed by atoms with Gasteiger partial charge in [0.1, 0.15) is 0 Å². The largest absolute Gasteiger partial charge is 0.331 e. The molecule has 0 saturated carbocycles. The van der Waals surface area contributed by atoms with Crippen molar-refractivity contribution in [2.45, 2.75) is 34.1 Å². The molecule has 0 fully saturated rings. The summed E-state index contributed by atoms with van der Waals surface area (Å²) in [5, 5.41) is 9.93. The fourth-order valence-corrected chi connectivity index (χ4v) is 2.58. The van der Waals surface area contributed by atoms with Crippen LogP contribution in [0.25, 0.3) is 18.1 Å². The predicted molar refractivity (Wildman–Crippen MR) is 121 cm³/mol. The topological polar surface area (TPSA) is 60.6 Å². The first kappa shape index (κ1) is 25.1. The molecule has 0 saturated heterocycles. The van der Waals surface area contributed by atoms with Crippen LogP contribution in [0.2, 0.25) is 0 Å². The van der Waals surface area contributed by atoms with Gasteiger partial charge in [-0.15, -0.1) is 0 Å². The second-order valence-corrected chi connectivity index (χ2v) is 6.10. The lowest BCUT2D eigenvalue weighted by atomic mass is 10.3. The molecule has 0 bridgehead atoms. The Balaban J connectivity index is 0.000000280. The predicted octanol–water partition coefficient (Wildman–Crippen LogP) is 3.49. The quantitative estimate of drug-likeness (QED) is 0.617. The van der Waals surface area contributed by atoms with Crippen LogP contribution in [0, 0.1) is 6.92 Å². The first-order valence-corrected chi connectivity index (χ1v) is 9.82. The van der Waals surface area contributed by atoms with E-state index in [0.29, 0.717) is 5.82 Å². The van der Waals surface area contributed by atoms with E-state index in [4.69, 9.17) is 0 Å². The van der Waals surface area contributed by atoms with Crippen molar-refractivity contribution in [1.82, 2.24) is 29.3 Å². The SMILES string of the molecule is C=c1cnn(C)/c1=C(/C=C\C)NS.CC.Cc1cnn(-c2cc(C(F)F)ccn2)c1. The molecule has 3 heterocycles. The molecule has 0 unspecified atom stereocenters. The van der Waals surface area contributed by atoms with Gasteiger partial charge >= 0.3 is 0 Å². The van der Waals surface area contributed by atoms with E-state index in [1.165, 1.54) is 23.0 Å². The Hall–Kier alpha value is -2.94. The van der Waals surface area contributed by atoms with Gasteiger partial charge in [0.15, 0.2) is 5.82 Å². The standard InChI is InChI=1S/C10H9F2N3.C9H13N3S.C2H6/c1-7-5-14-15(6-7)9-4-8(10(11)12)2-3-13-9;1-4-5-8(11-13)9-7(2)6-10-12(9)3;1-2/h2-6,10H,1H3;4-6,11,13H,2H2,1,3H3;1-2H3/b;5-4-,9-8-;. The average Bonchev–Trinajstić information content (AvgIpc) is 3.33. The van der Waals surface area contributed by atoms with Crippen LogP contribution in [0.15, 0.2) is 49.1 Å². The van der Waals surface area contributed by atoms with Crippen molar-refractivity contribution < 1.29 is 8.78 Å². The summed E-state index contributed by atoms with van der Waals surface area (Å²) >= 11 is 4.02. The molecule has 6 nitrogen and oxygen atoms in total. The van der Waals surface area contributed by atoms with E-state index in [-0.39, 0.29) is 5.56 Å². The van der Waals surface area contributed by atoms with Crippen LogP contribution in [-0.4, -0.2) is 24.5 Å². The number of pyridine rings is 1. The van der Waals surface area contributed by atoms with Crippen LogP contribution in [-0.2, 0) is 7.05 Å². The number of aromatic nitrogens is 5. The lowest BCUT2D eigenvalue weighted by Gasteiger charge is -2.02. The monoisotopic (exact) mass is 434 g/mol. The maximum atomic E-state index is 12.4. The molecule has 0 aliphatic rings. The normalized spacial score (nSPS) is 11.5. The summed E-state index contributed by atoms with van der Waals surface area (Å²) in [6.07, 6.45) is 7.85. The molecule has 0 aliphatic carbocycles. The zero-order chi connectivity index (χ0) is 22.7. The van der Waals surface area contributed by atoms with Crippen molar-refractivity contribution in [2.24, 2.45) is 7.05 Å². The first-order valence-electron chi connectivity index (χ1n) is 9.37. The van der Waals surface area contributed by atoms with Crippen molar-refractivity contribution in [3.63, 3.8) is 0 Å². The Morgan fingerprint density at radius 3 is 2.43 bits per heavy atom. The third kappa shape index (κ3) is 6.84. The lowest BCUT2D eigenvalue weighted by Crippen LogP contribution is -2.31. The van der Waals surface area contributed by atoms with Gasteiger partial charge in [-0.05, 0) is 37.6 Å². The highest BCUT2D eigenvalue weighted by atomic mass is 32.1. The number of halogens is 2. The molecule has 162 valence electrons. The molecule has 0 radical (unpaired) electrons. The van der Waals surface area contributed by atoms with Crippen molar-refractivity contribution in [3.05, 3.63) is 70.8 Å². The minimum absolute atomic E-state index is 0.0480. The summed E-state index contributed by atoms with van der Waals surface area (Å²) in [5.74, 6) is 0.404. The average molecular weight is 435 g/mol.